The Balaban J connectivity index is 1.88. The summed E-state index contributed by atoms with van der Waals surface area (Å²) in [4.78, 5) is 4.25. The molecule has 2 aromatic heterocycles. The van der Waals surface area contributed by atoms with E-state index in [0.717, 1.165) is 11.3 Å². The third-order valence-electron chi connectivity index (χ3n) is 3.34. The summed E-state index contributed by atoms with van der Waals surface area (Å²) in [5.74, 6) is 0.322. The first-order chi connectivity index (χ1) is 8.33. The molecule has 1 aliphatic carbocycles. The minimum atomic E-state index is 0.322. The van der Waals surface area contributed by atoms with Crippen molar-refractivity contribution in [3.05, 3.63) is 18.3 Å². The molecular formula is C12H17N5. The first-order valence-corrected chi connectivity index (χ1v) is 6.20. The van der Waals surface area contributed by atoms with Gasteiger partial charge in [0.15, 0.2) is 5.65 Å². The van der Waals surface area contributed by atoms with E-state index in [4.69, 9.17) is 5.73 Å². The highest BCUT2D eigenvalue weighted by Crippen LogP contribution is 2.23. The van der Waals surface area contributed by atoms with Crippen molar-refractivity contribution in [1.82, 2.24) is 14.6 Å². The van der Waals surface area contributed by atoms with E-state index in [0.29, 0.717) is 12.0 Å². The number of rotatable bonds is 2. The first-order valence-electron chi connectivity index (χ1n) is 6.20. The number of pyridine rings is 1. The highest BCUT2D eigenvalue weighted by atomic mass is 15.3. The van der Waals surface area contributed by atoms with Crippen LogP contribution in [0.25, 0.3) is 5.65 Å². The maximum absolute atomic E-state index is 5.62. The molecule has 0 bridgehead atoms. The van der Waals surface area contributed by atoms with Crippen LogP contribution in [0.5, 0.6) is 0 Å². The van der Waals surface area contributed by atoms with Gasteiger partial charge in [-0.25, -0.2) is 4.52 Å². The number of aromatic nitrogens is 3. The second-order valence-electron chi connectivity index (χ2n) is 4.64. The minimum absolute atomic E-state index is 0.322. The highest BCUT2D eigenvalue weighted by molar-refractivity contribution is 5.68. The molecule has 1 fully saturated rings. The Labute approximate surface area is 100 Å². The Hall–Kier alpha value is -1.78. The van der Waals surface area contributed by atoms with Gasteiger partial charge >= 0.3 is 0 Å². The molecule has 3 N–H and O–H groups in total. The molecular weight excluding hydrogens is 214 g/mol. The SMILES string of the molecule is Nc1nc2c(NC3CCCCC3)cccn2n1. The Kier molecular flexibility index (Phi) is 2.59. The normalized spacial score (nSPS) is 17.4. The second kappa shape index (κ2) is 4.24. The number of anilines is 2. The fourth-order valence-electron chi connectivity index (χ4n) is 2.50. The minimum Gasteiger partial charge on any atom is -0.379 e. The van der Waals surface area contributed by atoms with Crippen LogP contribution in [0.1, 0.15) is 32.1 Å². The van der Waals surface area contributed by atoms with Gasteiger partial charge in [-0.15, -0.1) is 5.10 Å². The zero-order valence-electron chi connectivity index (χ0n) is 9.76. The number of hydrogen-bond donors (Lipinski definition) is 2. The van der Waals surface area contributed by atoms with E-state index < -0.39 is 0 Å². The molecule has 1 aliphatic rings. The largest absolute Gasteiger partial charge is 0.379 e. The van der Waals surface area contributed by atoms with Gasteiger partial charge in [0.1, 0.15) is 0 Å². The topological polar surface area (TPSA) is 68.2 Å². The first kappa shape index (κ1) is 10.4. The number of fused-ring (bicyclic) bond motifs is 1. The summed E-state index contributed by atoms with van der Waals surface area (Å²) in [6, 6.07) is 4.57. The molecule has 17 heavy (non-hydrogen) atoms. The van der Waals surface area contributed by atoms with Crippen molar-refractivity contribution in [3.63, 3.8) is 0 Å². The molecule has 2 aromatic rings. The second-order valence-corrected chi connectivity index (χ2v) is 4.64. The average molecular weight is 231 g/mol. The van der Waals surface area contributed by atoms with Crippen LogP contribution in [0.2, 0.25) is 0 Å². The van der Waals surface area contributed by atoms with E-state index in [1.165, 1.54) is 32.1 Å². The van der Waals surface area contributed by atoms with Gasteiger partial charge in [0, 0.05) is 12.2 Å². The third kappa shape index (κ3) is 2.05. The summed E-state index contributed by atoms with van der Waals surface area (Å²) < 4.78 is 1.72. The Morgan fingerprint density at radius 1 is 1.29 bits per heavy atom. The van der Waals surface area contributed by atoms with Crippen LogP contribution in [0.4, 0.5) is 11.6 Å². The molecule has 5 heteroatoms. The maximum atomic E-state index is 5.62. The number of nitrogens with one attached hydrogen (secondary N) is 1. The number of nitrogens with two attached hydrogens (primary N) is 1. The lowest BCUT2D eigenvalue weighted by Gasteiger charge is -2.23. The van der Waals surface area contributed by atoms with Gasteiger partial charge in [0.05, 0.1) is 5.69 Å². The van der Waals surface area contributed by atoms with E-state index in [1.807, 2.05) is 18.3 Å². The quantitative estimate of drug-likeness (QED) is 0.830. The molecule has 5 nitrogen and oxygen atoms in total. The number of nitrogens with zero attached hydrogens (tertiary/aromatic N) is 3. The lowest BCUT2D eigenvalue weighted by molar-refractivity contribution is 0.463. The molecule has 0 aliphatic heterocycles. The standard InChI is InChI=1S/C12H17N5/c13-12-15-11-10(7-4-8-17(11)16-12)14-9-5-2-1-3-6-9/h4,7-9,14H,1-3,5-6H2,(H2,13,16). The summed E-state index contributed by atoms with van der Waals surface area (Å²) >= 11 is 0. The van der Waals surface area contributed by atoms with E-state index in [9.17, 15) is 0 Å². The average Bonchev–Trinajstić information content (AvgIpc) is 2.72. The van der Waals surface area contributed by atoms with Crippen molar-refractivity contribution in [2.45, 2.75) is 38.1 Å². The highest BCUT2D eigenvalue weighted by Gasteiger charge is 2.15. The summed E-state index contributed by atoms with van der Waals surface area (Å²) in [5.41, 5.74) is 7.47. The van der Waals surface area contributed by atoms with Crippen LogP contribution in [-0.4, -0.2) is 20.6 Å². The van der Waals surface area contributed by atoms with Crippen molar-refractivity contribution < 1.29 is 0 Å². The Morgan fingerprint density at radius 3 is 2.94 bits per heavy atom. The van der Waals surface area contributed by atoms with Crippen LogP contribution in [0, 0.1) is 0 Å². The zero-order valence-corrected chi connectivity index (χ0v) is 9.76. The molecule has 90 valence electrons. The molecule has 0 atom stereocenters. The van der Waals surface area contributed by atoms with Crippen LogP contribution in [0.15, 0.2) is 18.3 Å². The summed E-state index contributed by atoms with van der Waals surface area (Å²) in [7, 11) is 0. The lowest BCUT2D eigenvalue weighted by Crippen LogP contribution is -2.22. The third-order valence-corrected chi connectivity index (χ3v) is 3.34. The molecule has 3 rings (SSSR count). The summed E-state index contributed by atoms with van der Waals surface area (Å²) in [6.45, 7) is 0. The van der Waals surface area contributed by atoms with Crippen molar-refractivity contribution in [2.24, 2.45) is 0 Å². The molecule has 0 radical (unpaired) electrons. The zero-order chi connectivity index (χ0) is 11.7. The van der Waals surface area contributed by atoms with Crippen molar-refractivity contribution in [2.75, 3.05) is 11.1 Å². The van der Waals surface area contributed by atoms with Gasteiger partial charge in [-0.3, -0.25) is 0 Å². The van der Waals surface area contributed by atoms with Crippen LogP contribution in [-0.2, 0) is 0 Å². The van der Waals surface area contributed by atoms with Gasteiger partial charge < -0.3 is 11.1 Å². The van der Waals surface area contributed by atoms with Crippen LogP contribution in [0.3, 0.4) is 0 Å². The van der Waals surface area contributed by atoms with E-state index in [2.05, 4.69) is 15.4 Å². The molecule has 2 heterocycles. The van der Waals surface area contributed by atoms with Crippen LogP contribution < -0.4 is 11.1 Å². The van der Waals surface area contributed by atoms with Crippen molar-refractivity contribution in [1.29, 1.82) is 0 Å². The maximum Gasteiger partial charge on any atom is 0.240 e. The van der Waals surface area contributed by atoms with Gasteiger partial charge in [-0.1, -0.05) is 19.3 Å². The lowest BCUT2D eigenvalue weighted by atomic mass is 9.95. The molecule has 1 saturated carbocycles. The molecule has 0 aromatic carbocycles. The number of nitrogen functional groups attached to an aromatic ring is 1. The Morgan fingerprint density at radius 2 is 2.12 bits per heavy atom. The van der Waals surface area contributed by atoms with Gasteiger partial charge in [-0.05, 0) is 25.0 Å². The summed E-state index contributed by atoms with van der Waals surface area (Å²) in [6.07, 6.45) is 8.34. The van der Waals surface area contributed by atoms with E-state index in [1.54, 1.807) is 4.52 Å². The molecule has 0 amide bonds. The summed E-state index contributed by atoms with van der Waals surface area (Å²) in [5, 5.41) is 7.67. The predicted molar refractivity (Wildman–Crippen MR) is 67.9 cm³/mol. The van der Waals surface area contributed by atoms with Crippen molar-refractivity contribution in [3.8, 4) is 0 Å². The molecule has 0 spiro atoms. The fourth-order valence-corrected chi connectivity index (χ4v) is 2.50. The monoisotopic (exact) mass is 231 g/mol. The van der Waals surface area contributed by atoms with E-state index >= 15 is 0 Å². The predicted octanol–water partition coefficient (Wildman–Crippen LogP) is 2.06. The Bertz CT molecular complexity index is 513. The van der Waals surface area contributed by atoms with Crippen LogP contribution >= 0.6 is 0 Å². The molecule has 0 saturated heterocycles. The van der Waals surface area contributed by atoms with Gasteiger partial charge in [-0.2, -0.15) is 4.98 Å². The number of hydrogen-bond acceptors (Lipinski definition) is 4. The molecule has 0 unspecified atom stereocenters. The van der Waals surface area contributed by atoms with Gasteiger partial charge in [0.2, 0.25) is 5.95 Å². The fraction of sp³-hybridized carbons (Fsp3) is 0.500. The van der Waals surface area contributed by atoms with E-state index in [-0.39, 0.29) is 0 Å². The smallest absolute Gasteiger partial charge is 0.240 e. The van der Waals surface area contributed by atoms with Gasteiger partial charge in [0.25, 0.3) is 0 Å². The van der Waals surface area contributed by atoms with Crippen molar-refractivity contribution >= 4 is 17.3 Å².